The van der Waals surface area contributed by atoms with Crippen LogP contribution < -0.4 is 15.4 Å². The highest BCUT2D eigenvalue weighted by molar-refractivity contribution is 9.10. The molecular weight excluding hydrogens is 384 g/mol. The lowest BCUT2D eigenvalue weighted by Gasteiger charge is -2.11. The van der Waals surface area contributed by atoms with Gasteiger partial charge < -0.3 is 15.4 Å². The van der Waals surface area contributed by atoms with Crippen molar-refractivity contribution in [3.05, 3.63) is 58.1 Å². The van der Waals surface area contributed by atoms with Crippen LogP contribution >= 0.6 is 15.9 Å². The van der Waals surface area contributed by atoms with E-state index in [4.69, 9.17) is 4.74 Å². The van der Waals surface area contributed by atoms with Gasteiger partial charge in [-0.15, -0.1) is 0 Å². The molecule has 0 saturated heterocycles. The Kier molecular flexibility index (Phi) is 6.58. The van der Waals surface area contributed by atoms with Gasteiger partial charge in [0.1, 0.15) is 5.75 Å². The van der Waals surface area contributed by atoms with Crippen molar-refractivity contribution in [2.24, 2.45) is 0 Å². The van der Waals surface area contributed by atoms with Crippen molar-refractivity contribution in [2.45, 2.75) is 26.8 Å². The van der Waals surface area contributed by atoms with Crippen LogP contribution in [-0.4, -0.2) is 24.5 Å². The van der Waals surface area contributed by atoms with E-state index in [1.54, 1.807) is 30.3 Å². The molecule has 0 saturated carbocycles. The van der Waals surface area contributed by atoms with E-state index in [0.717, 1.165) is 10.0 Å². The molecule has 0 spiro atoms. The maximum absolute atomic E-state index is 12.1. The number of carbonyl (C=O) groups is 2. The van der Waals surface area contributed by atoms with Gasteiger partial charge in [-0.25, -0.2) is 0 Å². The molecule has 0 heterocycles. The number of aryl methyl sites for hydroxylation is 1. The molecule has 132 valence electrons. The number of rotatable bonds is 6. The summed E-state index contributed by atoms with van der Waals surface area (Å²) in [5, 5.41) is 5.55. The fraction of sp³-hybridized carbons (Fsp3) is 0.263. The van der Waals surface area contributed by atoms with Gasteiger partial charge in [0.05, 0.1) is 0 Å². The minimum Gasteiger partial charge on any atom is -0.484 e. The minimum atomic E-state index is -0.290. The zero-order valence-corrected chi connectivity index (χ0v) is 16.0. The second-order valence-corrected chi connectivity index (χ2v) is 6.81. The second-order valence-electron chi connectivity index (χ2n) is 5.96. The van der Waals surface area contributed by atoms with Crippen molar-refractivity contribution in [2.75, 3.05) is 11.9 Å². The zero-order chi connectivity index (χ0) is 18.4. The molecule has 2 amide bonds. The molecule has 0 unspecified atom stereocenters. The standard InChI is InChI=1S/C19H21BrN2O3/c1-12(2)21-19(24)14-5-4-6-15(10-14)22-18(23)11-25-16-7-8-17(20)13(3)9-16/h4-10,12H,11H2,1-3H3,(H,21,24)(H,22,23). The number of benzene rings is 2. The van der Waals surface area contributed by atoms with Gasteiger partial charge >= 0.3 is 0 Å². The maximum atomic E-state index is 12.1. The summed E-state index contributed by atoms with van der Waals surface area (Å²) in [7, 11) is 0. The Balaban J connectivity index is 1.93. The SMILES string of the molecule is Cc1cc(OCC(=O)Nc2cccc(C(=O)NC(C)C)c2)ccc1Br. The molecule has 0 aliphatic rings. The average Bonchev–Trinajstić information content (AvgIpc) is 2.55. The quantitative estimate of drug-likeness (QED) is 0.766. The van der Waals surface area contributed by atoms with Crippen molar-refractivity contribution >= 4 is 33.4 Å². The van der Waals surface area contributed by atoms with Crippen molar-refractivity contribution in [1.82, 2.24) is 5.32 Å². The Hall–Kier alpha value is -2.34. The van der Waals surface area contributed by atoms with Gasteiger partial charge in [0, 0.05) is 21.8 Å². The van der Waals surface area contributed by atoms with Crippen molar-refractivity contribution in [3.8, 4) is 5.75 Å². The molecule has 0 aliphatic heterocycles. The first-order chi connectivity index (χ1) is 11.8. The summed E-state index contributed by atoms with van der Waals surface area (Å²) in [5.41, 5.74) is 2.08. The van der Waals surface area contributed by atoms with E-state index < -0.39 is 0 Å². The molecular formula is C19H21BrN2O3. The summed E-state index contributed by atoms with van der Waals surface area (Å²) < 4.78 is 6.48. The van der Waals surface area contributed by atoms with Crippen LogP contribution in [0.5, 0.6) is 5.75 Å². The number of hydrogen-bond donors (Lipinski definition) is 2. The first-order valence-electron chi connectivity index (χ1n) is 7.95. The van der Waals surface area contributed by atoms with Crippen LogP contribution in [0.4, 0.5) is 5.69 Å². The minimum absolute atomic E-state index is 0.0495. The lowest BCUT2D eigenvalue weighted by atomic mass is 10.2. The van der Waals surface area contributed by atoms with E-state index >= 15 is 0 Å². The molecule has 0 aromatic heterocycles. The molecule has 2 aromatic rings. The number of nitrogens with one attached hydrogen (secondary N) is 2. The van der Waals surface area contributed by atoms with Crippen molar-refractivity contribution in [1.29, 1.82) is 0 Å². The number of amides is 2. The number of halogens is 1. The Morgan fingerprint density at radius 3 is 2.60 bits per heavy atom. The predicted molar refractivity (Wildman–Crippen MR) is 102 cm³/mol. The van der Waals surface area contributed by atoms with Crippen LogP contribution in [0.2, 0.25) is 0 Å². The smallest absolute Gasteiger partial charge is 0.262 e. The highest BCUT2D eigenvalue weighted by Crippen LogP contribution is 2.21. The fourth-order valence-corrected chi connectivity index (χ4v) is 2.38. The summed E-state index contributed by atoms with van der Waals surface area (Å²) in [6.07, 6.45) is 0. The first kappa shape index (κ1) is 19.0. The first-order valence-corrected chi connectivity index (χ1v) is 8.74. The highest BCUT2D eigenvalue weighted by Gasteiger charge is 2.09. The normalized spacial score (nSPS) is 10.4. The third-order valence-electron chi connectivity index (χ3n) is 3.33. The van der Waals surface area contributed by atoms with Gasteiger partial charge in [-0.2, -0.15) is 0 Å². The molecule has 2 aromatic carbocycles. The second kappa shape index (κ2) is 8.67. The summed E-state index contributed by atoms with van der Waals surface area (Å²) >= 11 is 3.42. The maximum Gasteiger partial charge on any atom is 0.262 e. The van der Waals surface area contributed by atoms with E-state index in [1.807, 2.05) is 32.9 Å². The van der Waals surface area contributed by atoms with Crippen LogP contribution in [-0.2, 0) is 4.79 Å². The van der Waals surface area contributed by atoms with E-state index in [1.165, 1.54) is 0 Å². The van der Waals surface area contributed by atoms with E-state index in [2.05, 4.69) is 26.6 Å². The number of ether oxygens (including phenoxy) is 1. The van der Waals surface area contributed by atoms with Crippen molar-refractivity contribution < 1.29 is 14.3 Å². The molecule has 0 fully saturated rings. The molecule has 2 rings (SSSR count). The monoisotopic (exact) mass is 404 g/mol. The fourth-order valence-electron chi connectivity index (χ4n) is 2.14. The Labute approximate surface area is 155 Å². The van der Waals surface area contributed by atoms with E-state index in [0.29, 0.717) is 17.0 Å². The molecule has 0 bridgehead atoms. The highest BCUT2D eigenvalue weighted by atomic mass is 79.9. The number of anilines is 1. The van der Waals surface area contributed by atoms with E-state index in [-0.39, 0.29) is 24.5 Å². The summed E-state index contributed by atoms with van der Waals surface area (Å²) in [4.78, 5) is 24.1. The summed E-state index contributed by atoms with van der Waals surface area (Å²) in [5.74, 6) is 0.163. The van der Waals surface area contributed by atoms with Crippen LogP contribution in [0, 0.1) is 6.92 Å². The van der Waals surface area contributed by atoms with Crippen LogP contribution in [0.3, 0.4) is 0 Å². The Morgan fingerprint density at radius 1 is 1.16 bits per heavy atom. The molecule has 25 heavy (non-hydrogen) atoms. The molecule has 5 nitrogen and oxygen atoms in total. The average molecular weight is 405 g/mol. The van der Waals surface area contributed by atoms with Crippen LogP contribution in [0.1, 0.15) is 29.8 Å². The van der Waals surface area contributed by atoms with Gasteiger partial charge in [0.2, 0.25) is 0 Å². The molecule has 6 heteroatoms. The van der Waals surface area contributed by atoms with Gasteiger partial charge in [-0.3, -0.25) is 9.59 Å². The number of hydrogen-bond acceptors (Lipinski definition) is 3. The third kappa shape index (κ3) is 5.90. The molecule has 0 aliphatic carbocycles. The predicted octanol–water partition coefficient (Wildman–Crippen LogP) is 3.91. The van der Waals surface area contributed by atoms with Crippen LogP contribution in [0.25, 0.3) is 0 Å². The lowest BCUT2D eigenvalue weighted by Crippen LogP contribution is -2.30. The van der Waals surface area contributed by atoms with Crippen molar-refractivity contribution in [3.63, 3.8) is 0 Å². The molecule has 0 radical (unpaired) electrons. The third-order valence-corrected chi connectivity index (χ3v) is 4.22. The topological polar surface area (TPSA) is 67.4 Å². The largest absolute Gasteiger partial charge is 0.484 e. The van der Waals surface area contributed by atoms with Gasteiger partial charge in [-0.1, -0.05) is 22.0 Å². The van der Waals surface area contributed by atoms with Gasteiger partial charge in [-0.05, 0) is 62.7 Å². The molecule has 2 N–H and O–H groups in total. The Bertz CT molecular complexity index is 775. The van der Waals surface area contributed by atoms with E-state index in [9.17, 15) is 9.59 Å². The zero-order valence-electron chi connectivity index (χ0n) is 14.4. The van der Waals surface area contributed by atoms with Gasteiger partial charge in [0.15, 0.2) is 6.61 Å². The molecule has 0 atom stereocenters. The van der Waals surface area contributed by atoms with Gasteiger partial charge in [0.25, 0.3) is 11.8 Å². The lowest BCUT2D eigenvalue weighted by molar-refractivity contribution is -0.118. The number of carbonyl (C=O) groups excluding carboxylic acids is 2. The summed E-state index contributed by atoms with van der Waals surface area (Å²) in [6.45, 7) is 5.63. The Morgan fingerprint density at radius 2 is 1.92 bits per heavy atom. The summed E-state index contributed by atoms with van der Waals surface area (Å²) in [6, 6.07) is 12.4. The van der Waals surface area contributed by atoms with Crippen LogP contribution in [0.15, 0.2) is 46.9 Å².